The van der Waals surface area contributed by atoms with Crippen LogP contribution in [0.15, 0.2) is 30.3 Å². The van der Waals surface area contributed by atoms with Gasteiger partial charge in [0.2, 0.25) is 5.91 Å². The SMILES string of the molecule is CCCN(CCC)S(=O)(=O)N1CCCC(C(=O)Nc2ccccc2)C1. The lowest BCUT2D eigenvalue weighted by Gasteiger charge is -2.35. The Hall–Kier alpha value is -1.44. The van der Waals surface area contributed by atoms with Gasteiger partial charge in [-0.05, 0) is 37.8 Å². The van der Waals surface area contributed by atoms with E-state index in [9.17, 15) is 13.2 Å². The Balaban J connectivity index is 2.05. The monoisotopic (exact) mass is 367 g/mol. The van der Waals surface area contributed by atoms with Crippen molar-refractivity contribution < 1.29 is 13.2 Å². The standard InChI is InChI=1S/C18H29N3O3S/c1-3-12-20(13-4-2)25(23,24)21-14-8-9-16(15-21)18(22)19-17-10-6-5-7-11-17/h5-7,10-11,16H,3-4,8-9,12-15H2,1-2H3,(H,19,22). The summed E-state index contributed by atoms with van der Waals surface area (Å²) in [6.45, 7) is 5.74. The second-order valence-corrected chi connectivity index (χ2v) is 8.39. The van der Waals surface area contributed by atoms with Gasteiger partial charge < -0.3 is 5.32 Å². The second kappa shape index (κ2) is 9.31. The Kier molecular flexibility index (Phi) is 7.40. The molecule has 1 N–H and O–H groups in total. The molecule has 0 spiro atoms. The third-order valence-corrected chi connectivity index (χ3v) is 6.40. The summed E-state index contributed by atoms with van der Waals surface area (Å²) in [5.41, 5.74) is 0.742. The van der Waals surface area contributed by atoms with Crippen molar-refractivity contribution in [1.29, 1.82) is 0 Å². The van der Waals surface area contributed by atoms with Crippen LogP contribution in [-0.2, 0) is 15.0 Å². The molecule has 1 aliphatic rings. The summed E-state index contributed by atoms with van der Waals surface area (Å²) in [7, 11) is -3.50. The van der Waals surface area contributed by atoms with Gasteiger partial charge in [0, 0.05) is 31.9 Å². The summed E-state index contributed by atoms with van der Waals surface area (Å²) >= 11 is 0. The lowest BCUT2D eigenvalue weighted by atomic mass is 9.99. The first-order valence-corrected chi connectivity index (χ1v) is 10.5. The number of piperidine rings is 1. The van der Waals surface area contributed by atoms with Crippen molar-refractivity contribution in [3.63, 3.8) is 0 Å². The first kappa shape index (κ1) is 19.9. The molecule has 1 heterocycles. The summed E-state index contributed by atoms with van der Waals surface area (Å²) in [6.07, 6.45) is 2.99. The van der Waals surface area contributed by atoms with Gasteiger partial charge in [-0.1, -0.05) is 32.0 Å². The Labute approximate surface area is 151 Å². The van der Waals surface area contributed by atoms with Gasteiger partial charge in [-0.2, -0.15) is 17.0 Å². The minimum Gasteiger partial charge on any atom is -0.326 e. The van der Waals surface area contributed by atoms with Crippen molar-refractivity contribution in [1.82, 2.24) is 8.61 Å². The van der Waals surface area contributed by atoms with E-state index in [1.807, 2.05) is 44.2 Å². The third-order valence-electron chi connectivity index (χ3n) is 4.39. The number of rotatable bonds is 8. The Morgan fingerprint density at radius 3 is 2.44 bits per heavy atom. The van der Waals surface area contributed by atoms with Crippen LogP contribution >= 0.6 is 0 Å². The topological polar surface area (TPSA) is 69.7 Å². The van der Waals surface area contributed by atoms with Gasteiger partial charge in [-0.3, -0.25) is 4.79 Å². The number of anilines is 1. The predicted molar refractivity (Wildman–Crippen MR) is 100 cm³/mol. The Morgan fingerprint density at radius 2 is 1.84 bits per heavy atom. The highest BCUT2D eigenvalue weighted by Gasteiger charge is 2.35. The van der Waals surface area contributed by atoms with E-state index in [2.05, 4.69) is 5.32 Å². The van der Waals surface area contributed by atoms with Crippen LogP contribution in [-0.4, -0.2) is 49.1 Å². The molecule has 1 unspecified atom stereocenters. The molecule has 1 aromatic carbocycles. The number of hydrogen-bond donors (Lipinski definition) is 1. The van der Waals surface area contributed by atoms with Gasteiger partial charge in [-0.15, -0.1) is 0 Å². The molecule has 140 valence electrons. The molecule has 0 bridgehead atoms. The molecule has 0 saturated carbocycles. The summed E-state index contributed by atoms with van der Waals surface area (Å²) in [4.78, 5) is 12.5. The Morgan fingerprint density at radius 1 is 1.20 bits per heavy atom. The largest absolute Gasteiger partial charge is 0.326 e. The van der Waals surface area contributed by atoms with Crippen molar-refractivity contribution >= 4 is 21.8 Å². The minimum absolute atomic E-state index is 0.108. The smallest absolute Gasteiger partial charge is 0.281 e. The molecule has 0 aliphatic carbocycles. The minimum atomic E-state index is -3.50. The van der Waals surface area contributed by atoms with E-state index in [1.165, 1.54) is 4.31 Å². The molecule has 2 rings (SSSR count). The highest BCUT2D eigenvalue weighted by Crippen LogP contribution is 2.23. The molecule has 0 aromatic heterocycles. The lowest BCUT2D eigenvalue weighted by molar-refractivity contribution is -0.120. The molecule has 1 aromatic rings. The van der Waals surface area contributed by atoms with Gasteiger partial charge in [0.05, 0.1) is 5.92 Å². The van der Waals surface area contributed by atoms with Crippen molar-refractivity contribution in [2.75, 3.05) is 31.5 Å². The van der Waals surface area contributed by atoms with Gasteiger partial charge in [0.25, 0.3) is 10.2 Å². The van der Waals surface area contributed by atoms with Crippen LogP contribution in [0.2, 0.25) is 0 Å². The first-order chi connectivity index (χ1) is 12.0. The van der Waals surface area contributed by atoms with E-state index in [1.54, 1.807) is 4.31 Å². The van der Waals surface area contributed by atoms with Crippen molar-refractivity contribution in [3.8, 4) is 0 Å². The number of hydrogen-bond acceptors (Lipinski definition) is 3. The summed E-state index contributed by atoms with van der Waals surface area (Å²) < 4.78 is 28.9. The molecule has 1 amide bonds. The quantitative estimate of drug-likeness (QED) is 0.768. The summed E-state index contributed by atoms with van der Waals surface area (Å²) in [5, 5.41) is 2.89. The zero-order valence-corrected chi connectivity index (χ0v) is 16.0. The molecular weight excluding hydrogens is 338 g/mol. The highest BCUT2D eigenvalue weighted by molar-refractivity contribution is 7.86. The van der Waals surface area contributed by atoms with Gasteiger partial charge in [0.15, 0.2) is 0 Å². The van der Waals surface area contributed by atoms with Crippen LogP contribution in [0.4, 0.5) is 5.69 Å². The maximum atomic E-state index is 12.9. The number of carbonyl (C=O) groups excluding carboxylic acids is 1. The number of nitrogens with one attached hydrogen (secondary N) is 1. The number of benzene rings is 1. The van der Waals surface area contributed by atoms with Crippen molar-refractivity contribution in [2.24, 2.45) is 5.92 Å². The molecule has 7 heteroatoms. The van der Waals surface area contributed by atoms with Crippen LogP contribution in [0.5, 0.6) is 0 Å². The fraction of sp³-hybridized carbons (Fsp3) is 0.611. The summed E-state index contributed by atoms with van der Waals surface area (Å²) in [5.74, 6) is -0.419. The zero-order valence-electron chi connectivity index (χ0n) is 15.1. The predicted octanol–water partition coefficient (Wildman–Crippen LogP) is 2.70. The van der Waals surface area contributed by atoms with Crippen molar-refractivity contribution in [2.45, 2.75) is 39.5 Å². The summed E-state index contributed by atoms with van der Waals surface area (Å²) in [6, 6.07) is 9.28. The highest BCUT2D eigenvalue weighted by atomic mass is 32.2. The third kappa shape index (κ3) is 5.26. The van der Waals surface area contributed by atoms with Crippen LogP contribution in [0, 0.1) is 5.92 Å². The normalized spacial score (nSPS) is 19.1. The maximum absolute atomic E-state index is 12.9. The molecule has 1 atom stereocenters. The van der Waals surface area contributed by atoms with Gasteiger partial charge >= 0.3 is 0 Å². The molecule has 1 saturated heterocycles. The number of amides is 1. The molecule has 1 aliphatic heterocycles. The molecule has 6 nitrogen and oxygen atoms in total. The van der Waals surface area contributed by atoms with E-state index in [0.717, 1.165) is 18.5 Å². The zero-order chi connectivity index (χ0) is 18.3. The second-order valence-electron chi connectivity index (χ2n) is 6.46. The first-order valence-electron chi connectivity index (χ1n) is 9.10. The van der Waals surface area contributed by atoms with Crippen LogP contribution < -0.4 is 5.32 Å². The average Bonchev–Trinajstić information content (AvgIpc) is 2.62. The van der Waals surface area contributed by atoms with Crippen LogP contribution in [0.3, 0.4) is 0 Å². The number of carbonyl (C=O) groups is 1. The van der Waals surface area contributed by atoms with E-state index in [-0.39, 0.29) is 18.4 Å². The number of para-hydroxylation sites is 1. The van der Waals surface area contributed by atoms with Crippen molar-refractivity contribution in [3.05, 3.63) is 30.3 Å². The van der Waals surface area contributed by atoms with Gasteiger partial charge in [0.1, 0.15) is 0 Å². The number of nitrogens with zero attached hydrogens (tertiary/aromatic N) is 2. The fourth-order valence-corrected chi connectivity index (χ4v) is 5.02. The molecular formula is C18H29N3O3S. The van der Waals surface area contributed by atoms with Crippen LogP contribution in [0.25, 0.3) is 0 Å². The molecule has 0 radical (unpaired) electrons. The molecule has 1 fully saturated rings. The van der Waals surface area contributed by atoms with E-state index < -0.39 is 10.2 Å². The van der Waals surface area contributed by atoms with E-state index in [4.69, 9.17) is 0 Å². The molecule has 25 heavy (non-hydrogen) atoms. The fourth-order valence-electron chi connectivity index (χ4n) is 3.14. The van der Waals surface area contributed by atoms with Crippen LogP contribution in [0.1, 0.15) is 39.5 Å². The van der Waals surface area contributed by atoms with Gasteiger partial charge in [-0.25, -0.2) is 0 Å². The average molecular weight is 368 g/mol. The lowest BCUT2D eigenvalue weighted by Crippen LogP contribution is -2.50. The van der Waals surface area contributed by atoms with E-state index >= 15 is 0 Å². The maximum Gasteiger partial charge on any atom is 0.281 e. The van der Waals surface area contributed by atoms with E-state index in [0.29, 0.717) is 32.5 Å². The Bertz CT molecular complexity index is 643.